The average Bonchev–Trinajstić information content (AvgIpc) is 4.05. The number of hydrogen-bond acceptors (Lipinski definition) is 15. The molecule has 0 aliphatic heterocycles. The number of nitrogens with one attached hydrogen (secondary N) is 3. The molecule has 0 radical (unpaired) electrons. The highest BCUT2D eigenvalue weighted by atomic mass is 32.2. The van der Waals surface area contributed by atoms with Crippen LogP contribution < -0.4 is 20.5 Å². The van der Waals surface area contributed by atoms with E-state index >= 15 is 0 Å². The van der Waals surface area contributed by atoms with Crippen LogP contribution in [0.1, 0.15) is 31.9 Å². The third-order valence-corrected chi connectivity index (χ3v) is 13.0. The summed E-state index contributed by atoms with van der Waals surface area (Å²) < 4.78 is 86.5. The highest BCUT2D eigenvalue weighted by Gasteiger charge is 2.26. The molecule has 0 saturated heterocycles. The van der Waals surface area contributed by atoms with Crippen molar-refractivity contribution in [1.29, 1.82) is 0 Å². The summed E-state index contributed by atoms with van der Waals surface area (Å²) in [4.78, 5) is 34.7. The van der Waals surface area contributed by atoms with Crippen LogP contribution in [0.3, 0.4) is 0 Å². The number of sulfonamides is 2. The van der Waals surface area contributed by atoms with Gasteiger partial charge >= 0.3 is 6.18 Å². The van der Waals surface area contributed by atoms with Crippen molar-refractivity contribution < 1.29 is 34.8 Å². The lowest BCUT2D eigenvalue weighted by molar-refractivity contribution is -0.156. The Labute approximate surface area is 434 Å². The fraction of sp³-hybridized carbons (Fsp3) is 0.135. The monoisotopic (exact) mass is 1070 g/mol. The lowest BCUT2D eigenvalue weighted by Crippen LogP contribution is -2.40. The number of fused-ring (bicyclic) bond motifs is 2. The van der Waals surface area contributed by atoms with E-state index in [1.807, 2.05) is 146 Å². The fourth-order valence-corrected chi connectivity index (χ4v) is 9.17. The number of aromatic nitrogens is 10. The van der Waals surface area contributed by atoms with E-state index in [2.05, 4.69) is 50.5 Å². The van der Waals surface area contributed by atoms with Gasteiger partial charge in [-0.15, -0.1) is 10.2 Å². The molecule has 76 heavy (non-hydrogen) atoms. The summed E-state index contributed by atoms with van der Waals surface area (Å²) in [5.41, 5.74) is 7.53. The van der Waals surface area contributed by atoms with Crippen molar-refractivity contribution in [1.82, 2.24) is 53.9 Å². The molecule has 0 saturated carbocycles. The van der Waals surface area contributed by atoms with E-state index in [1.165, 1.54) is 18.6 Å². The molecule has 6 aromatic heterocycles. The van der Waals surface area contributed by atoms with Gasteiger partial charge in [-0.3, -0.25) is 14.8 Å². The Morgan fingerprint density at radius 2 is 0.934 bits per heavy atom. The first-order chi connectivity index (χ1) is 36.2. The lowest BCUT2D eigenvalue weighted by atomic mass is 10.1. The number of rotatable bonds is 13. The van der Waals surface area contributed by atoms with Crippen LogP contribution in [0, 0.1) is 0 Å². The van der Waals surface area contributed by atoms with Gasteiger partial charge < -0.3 is 10.6 Å². The SMILES string of the molecule is CC(C)(C)NS(=O)(=O)c1cncc(-c2nc(NCc3ccccc3)c3c(-c4ccccc4)ccn3n2)n1.NS(=O)(=O)c1cncc(-c2nc(NCc3ccccc3)c3c(-c4ccccc4)ccn3n2)n1.O=CC(F)(F)F. The molecular weight excluding hydrogens is 1020 g/mol. The van der Waals surface area contributed by atoms with Gasteiger partial charge in [0.15, 0.2) is 21.7 Å². The first-order valence-electron chi connectivity index (χ1n) is 22.9. The van der Waals surface area contributed by atoms with Crippen LogP contribution in [0.4, 0.5) is 24.8 Å². The number of anilines is 2. The molecule has 4 aromatic carbocycles. The Morgan fingerprint density at radius 1 is 0.553 bits per heavy atom. The maximum Gasteiger partial charge on any atom is 0.446 e. The number of aldehydes is 1. The number of nitrogens with two attached hydrogens (primary N) is 1. The smallest absolute Gasteiger partial charge is 0.364 e. The predicted octanol–water partition coefficient (Wildman–Crippen LogP) is 8.40. The van der Waals surface area contributed by atoms with Gasteiger partial charge in [-0.1, -0.05) is 121 Å². The van der Waals surface area contributed by atoms with Gasteiger partial charge in [0.05, 0.1) is 24.8 Å². The third kappa shape index (κ3) is 13.7. The molecule has 0 amide bonds. The van der Waals surface area contributed by atoms with E-state index in [0.29, 0.717) is 24.7 Å². The number of halogens is 3. The summed E-state index contributed by atoms with van der Waals surface area (Å²) in [5.74, 6) is 1.64. The molecule has 0 bridgehead atoms. The summed E-state index contributed by atoms with van der Waals surface area (Å²) >= 11 is 0. The second kappa shape index (κ2) is 22.7. The Bertz CT molecular complexity index is 3850. The highest BCUT2D eigenvalue weighted by Crippen LogP contribution is 2.33. The summed E-state index contributed by atoms with van der Waals surface area (Å²) in [6.45, 7) is 6.37. The van der Waals surface area contributed by atoms with E-state index in [0.717, 1.165) is 50.6 Å². The molecule has 0 fully saturated rings. The van der Waals surface area contributed by atoms with Crippen molar-refractivity contribution in [2.75, 3.05) is 10.6 Å². The Balaban J connectivity index is 0.000000183. The van der Waals surface area contributed by atoms with Gasteiger partial charge in [-0.05, 0) is 55.2 Å². The Hall–Kier alpha value is -8.84. The molecule has 388 valence electrons. The van der Waals surface area contributed by atoms with Crippen LogP contribution in [0.2, 0.25) is 0 Å². The highest BCUT2D eigenvalue weighted by molar-refractivity contribution is 7.89. The Morgan fingerprint density at radius 3 is 1.32 bits per heavy atom. The number of carbonyl (C=O) groups excluding carboxylic acids is 1. The van der Waals surface area contributed by atoms with Gasteiger partial charge in [0.25, 0.3) is 20.0 Å². The van der Waals surface area contributed by atoms with Crippen molar-refractivity contribution in [3.63, 3.8) is 0 Å². The summed E-state index contributed by atoms with van der Waals surface area (Å²) in [6, 6.07) is 43.8. The number of nitrogens with zero attached hydrogens (tertiary/aromatic N) is 10. The maximum atomic E-state index is 12.9. The van der Waals surface area contributed by atoms with E-state index in [-0.39, 0.29) is 33.1 Å². The molecule has 24 heteroatoms. The van der Waals surface area contributed by atoms with Crippen LogP contribution in [-0.4, -0.2) is 84.0 Å². The summed E-state index contributed by atoms with van der Waals surface area (Å²) in [7, 11) is -7.90. The van der Waals surface area contributed by atoms with Gasteiger partial charge in [-0.25, -0.2) is 55.7 Å². The number of alkyl halides is 3. The first kappa shape index (κ1) is 53.5. The molecular formula is C52H47F3N14O5S2. The van der Waals surface area contributed by atoms with E-state index < -0.39 is 38.0 Å². The zero-order valence-corrected chi connectivity index (χ0v) is 42.3. The van der Waals surface area contributed by atoms with Crippen LogP contribution in [0.5, 0.6) is 0 Å². The molecule has 6 heterocycles. The molecule has 0 aliphatic carbocycles. The largest absolute Gasteiger partial charge is 0.446 e. The standard InChI is InChI=1S/C27H27N7O2S.C23H19N7O2S.C2HF3O/c1-27(2,3)33-37(35,36)23-18-28-17-22(30-23)25-31-26(29-16-19-10-6-4-7-11-19)24-21(14-15-34(24)32-25)20-12-8-5-9-13-20;24-33(31,32)20-15-25-14-19(27-20)22-28-23(26-13-16-7-3-1-4-8-16)21-18(11-12-30(21)29-22)17-9-5-2-6-10-17;3-2(4,5)1-6/h4-15,17-18,33H,16H2,1-3H3,(H,29,31,32);1-12,14-15H,13H2,(H2,24,31,32)(H,26,28,29);1H. The molecule has 10 aromatic rings. The fourth-order valence-electron chi connectivity index (χ4n) is 7.41. The number of hydrogen-bond donors (Lipinski definition) is 4. The Kier molecular flexibility index (Phi) is 16.0. The van der Waals surface area contributed by atoms with Gasteiger partial charge in [0.2, 0.25) is 17.9 Å². The molecule has 0 atom stereocenters. The number of carbonyl (C=O) groups is 1. The van der Waals surface area contributed by atoms with Crippen LogP contribution in [0.25, 0.3) is 56.3 Å². The summed E-state index contributed by atoms with van der Waals surface area (Å²) in [6.07, 6.45) is 3.15. The third-order valence-electron chi connectivity index (χ3n) is 10.6. The molecule has 5 N–H and O–H groups in total. The zero-order valence-electron chi connectivity index (χ0n) is 40.7. The maximum absolute atomic E-state index is 12.9. The van der Waals surface area contributed by atoms with Crippen molar-refractivity contribution in [2.24, 2.45) is 5.14 Å². The van der Waals surface area contributed by atoms with Crippen molar-refractivity contribution in [3.05, 3.63) is 182 Å². The molecule has 0 unspecified atom stereocenters. The molecule has 0 spiro atoms. The van der Waals surface area contributed by atoms with Crippen LogP contribution in [0.15, 0.2) is 181 Å². The van der Waals surface area contributed by atoms with E-state index in [1.54, 1.807) is 29.8 Å². The second-order valence-electron chi connectivity index (χ2n) is 17.6. The molecule has 0 aliphatic rings. The quantitative estimate of drug-likeness (QED) is 0.0790. The number of benzene rings is 4. The van der Waals surface area contributed by atoms with E-state index in [4.69, 9.17) is 14.9 Å². The minimum absolute atomic E-state index is 0.195. The zero-order chi connectivity index (χ0) is 54.1. The topological polar surface area (TPSA) is 259 Å². The van der Waals surface area contributed by atoms with Gasteiger partial charge in [0, 0.05) is 42.1 Å². The van der Waals surface area contributed by atoms with Crippen molar-refractivity contribution in [3.8, 4) is 45.3 Å². The lowest BCUT2D eigenvalue weighted by Gasteiger charge is -2.19. The van der Waals surface area contributed by atoms with Crippen molar-refractivity contribution >= 4 is 49.0 Å². The van der Waals surface area contributed by atoms with Crippen LogP contribution in [-0.2, 0) is 37.9 Å². The van der Waals surface area contributed by atoms with Gasteiger partial charge in [-0.2, -0.15) is 13.2 Å². The minimum atomic E-state index is -4.64. The predicted molar refractivity (Wildman–Crippen MR) is 280 cm³/mol. The first-order valence-corrected chi connectivity index (χ1v) is 26.0. The van der Waals surface area contributed by atoms with Crippen molar-refractivity contribution in [2.45, 2.75) is 55.6 Å². The summed E-state index contributed by atoms with van der Waals surface area (Å²) in [5, 5.41) is 20.7. The average molecular weight is 1070 g/mol. The van der Waals surface area contributed by atoms with Crippen LogP contribution >= 0.6 is 0 Å². The molecule has 19 nitrogen and oxygen atoms in total. The molecule has 10 rings (SSSR count). The minimum Gasteiger partial charge on any atom is -0.364 e. The normalized spacial score (nSPS) is 11.8. The van der Waals surface area contributed by atoms with Gasteiger partial charge in [0.1, 0.15) is 22.4 Å². The number of primary sulfonamides is 1. The van der Waals surface area contributed by atoms with E-state index in [9.17, 15) is 30.0 Å². The second-order valence-corrected chi connectivity index (χ2v) is 20.7.